The summed E-state index contributed by atoms with van der Waals surface area (Å²) in [5, 5.41) is 14.0. The van der Waals surface area contributed by atoms with Gasteiger partial charge in [0.25, 0.3) is 0 Å². The monoisotopic (exact) mass is 445 g/mol. The Morgan fingerprint density at radius 3 is 2.85 bits per heavy atom. The van der Waals surface area contributed by atoms with Crippen molar-refractivity contribution in [3.63, 3.8) is 0 Å². The summed E-state index contributed by atoms with van der Waals surface area (Å²) in [6.07, 6.45) is 2.83. The third-order valence-corrected chi connectivity index (χ3v) is 6.15. The number of aromatic nitrogens is 2. The lowest BCUT2D eigenvalue weighted by Gasteiger charge is -2.16. The Morgan fingerprint density at radius 1 is 1.15 bits per heavy atom. The fraction of sp³-hybridized carbons (Fsp3) is 0.240. The minimum absolute atomic E-state index is 0.255. The molecule has 0 fully saturated rings. The molecule has 0 saturated carbocycles. The largest absolute Gasteiger partial charge is 0.457 e. The van der Waals surface area contributed by atoms with Crippen molar-refractivity contribution in [3.8, 4) is 11.1 Å². The number of ether oxygens (including phenoxy) is 1. The first kappa shape index (κ1) is 21.1. The zero-order valence-electron chi connectivity index (χ0n) is 18.3. The molecule has 1 aliphatic heterocycles. The topological polar surface area (TPSA) is 107 Å². The number of oxazole rings is 1. The van der Waals surface area contributed by atoms with Gasteiger partial charge >= 0.3 is 11.7 Å². The Labute approximate surface area is 189 Å². The zero-order chi connectivity index (χ0) is 23.1. The van der Waals surface area contributed by atoms with E-state index >= 15 is 0 Å². The van der Waals surface area contributed by atoms with Crippen molar-refractivity contribution in [2.45, 2.75) is 26.2 Å². The molecule has 8 heteroatoms. The normalized spacial score (nSPS) is 13.8. The van der Waals surface area contributed by atoms with E-state index in [0.717, 1.165) is 38.9 Å². The molecular weight excluding hydrogens is 422 g/mol. The smallest absolute Gasteiger partial charge is 0.419 e. The minimum atomic E-state index is -0.716. The Balaban J connectivity index is 1.28. The van der Waals surface area contributed by atoms with Gasteiger partial charge in [-0.3, -0.25) is 9.55 Å². The van der Waals surface area contributed by atoms with Gasteiger partial charge in [-0.2, -0.15) is 0 Å². The second-order valence-electron chi connectivity index (χ2n) is 8.22. The van der Waals surface area contributed by atoms with E-state index in [2.05, 4.69) is 10.3 Å². The number of esters is 1. The predicted molar refractivity (Wildman–Crippen MR) is 122 cm³/mol. The fourth-order valence-corrected chi connectivity index (χ4v) is 4.24. The van der Waals surface area contributed by atoms with Crippen LogP contribution < -0.4 is 11.1 Å². The highest BCUT2D eigenvalue weighted by atomic mass is 16.5. The molecule has 0 amide bonds. The van der Waals surface area contributed by atoms with Crippen LogP contribution in [0.4, 0.5) is 0 Å². The highest BCUT2D eigenvalue weighted by molar-refractivity contribution is 5.94. The molecule has 4 aromatic rings. The third kappa shape index (κ3) is 3.83. The predicted octanol–water partition coefficient (Wildman–Crippen LogP) is 3.00. The van der Waals surface area contributed by atoms with Crippen molar-refractivity contribution >= 4 is 17.1 Å². The van der Waals surface area contributed by atoms with Crippen LogP contribution >= 0.6 is 0 Å². The van der Waals surface area contributed by atoms with Crippen molar-refractivity contribution in [3.05, 3.63) is 87.2 Å². The van der Waals surface area contributed by atoms with E-state index in [1.54, 1.807) is 37.6 Å². The molecule has 33 heavy (non-hydrogen) atoms. The van der Waals surface area contributed by atoms with Crippen LogP contribution in [-0.2, 0) is 24.9 Å². The van der Waals surface area contributed by atoms with Gasteiger partial charge in [0.05, 0.1) is 17.2 Å². The number of nitrogens with one attached hydrogen (secondary N) is 1. The molecule has 2 N–H and O–H groups in total. The maximum atomic E-state index is 11.7. The van der Waals surface area contributed by atoms with Crippen LogP contribution in [0.25, 0.3) is 22.2 Å². The first-order valence-electron chi connectivity index (χ1n) is 10.6. The summed E-state index contributed by atoms with van der Waals surface area (Å²) in [5.74, 6) is -0.705. The third-order valence-electron chi connectivity index (χ3n) is 6.15. The molecule has 3 heterocycles. The van der Waals surface area contributed by atoms with Crippen LogP contribution in [0.3, 0.4) is 0 Å². The van der Waals surface area contributed by atoms with E-state index < -0.39 is 11.9 Å². The summed E-state index contributed by atoms with van der Waals surface area (Å²) in [4.78, 5) is 27.8. The van der Waals surface area contributed by atoms with Crippen molar-refractivity contribution in [1.29, 1.82) is 0 Å². The molecular formula is C25H23N3O5. The molecule has 1 aliphatic rings. The van der Waals surface area contributed by atoms with Crippen molar-refractivity contribution < 1.29 is 19.1 Å². The second kappa shape index (κ2) is 8.31. The fourth-order valence-electron chi connectivity index (χ4n) is 4.24. The highest BCUT2D eigenvalue weighted by Crippen LogP contribution is 2.29. The number of aliphatic hydroxyl groups is 1. The number of hydrogen-bond donors (Lipinski definition) is 2. The van der Waals surface area contributed by atoms with E-state index in [9.17, 15) is 14.7 Å². The van der Waals surface area contributed by atoms with Crippen molar-refractivity contribution in [2.75, 3.05) is 6.54 Å². The van der Waals surface area contributed by atoms with Crippen LogP contribution in [0.1, 0.15) is 38.7 Å². The van der Waals surface area contributed by atoms with Gasteiger partial charge in [0.15, 0.2) is 5.58 Å². The van der Waals surface area contributed by atoms with E-state index in [4.69, 9.17) is 9.15 Å². The quantitative estimate of drug-likeness (QED) is 0.440. The van der Waals surface area contributed by atoms with E-state index in [1.165, 1.54) is 4.57 Å². The molecule has 168 valence electrons. The van der Waals surface area contributed by atoms with Crippen LogP contribution in [0, 0.1) is 6.92 Å². The van der Waals surface area contributed by atoms with Gasteiger partial charge < -0.3 is 19.6 Å². The second-order valence-corrected chi connectivity index (χ2v) is 8.22. The van der Waals surface area contributed by atoms with Crippen LogP contribution in [0.5, 0.6) is 0 Å². The van der Waals surface area contributed by atoms with Gasteiger partial charge in [-0.1, -0.05) is 12.1 Å². The first-order valence-corrected chi connectivity index (χ1v) is 10.6. The molecule has 0 unspecified atom stereocenters. The maximum Gasteiger partial charge on any atom is 0.419 e. The average molecular weight is 445 g/mol. The Kier molecular flexibility index (Phi) is 5.32. The Bertz CT molecular complexity index is 1440. The number of carbonyl (C=O) groups excluding carboxylic acids is 1. The number of pyridine rings is 1. The molecule has 0 spiro atoms. The van der Waals surface area contributed by atoms with Crippen LogP contribution in [0.2, 0.25) is 0 Å². The Morgan fingerprint density at radius 2 is 2.00 bits per heavy atom. The molecule has 0 radical (unpaired) electrons. The first-order chi connectivity index (χ1) is 15.9. The number of aliphatic hydroxyl groups excluding tert-OH is 1. The Hall–Kier alpha value is -3.75. The lowest BCUT2D eigenvalue weighted by molar-refractivity contribution is 0.0535. The molecule has 5 rings (SSSR count). The van der Waals surface area contributed by atoms with Gasteiger partial charge in [-0.25, -0.2) is 9.59 Å². The number of hydrogen-bond acceptors (Lipinski definition) is 7. The molecule has 0 aliphatic carbocycles. The van der Waals surface area contributed by atoms with E-state index in [1.807, 2.05) is 25.1 Å². The summed E-state index contributed by atoms with van der Waals surface area (Å²) >= 11 is 0. The van der Waals surface area contributed by atoms with Gasteiger partial charge in [-0.15, -0.1) is 0 Å². The summed E-state index contributed by atoms with van der Waals surface area (Å²) in [6.45, 7) is 3.03. The van der Waals surface area contributed by atoms with E-state index in [0.29, 0.717) is 24.2 Å². The number of nitrogens with zero attached hydrogens (tertiary/aromatic N) is 2. The lowest BCUT2D eigenvalue weighted by Crippen LogP contribution is -2.22. The van der Waals surface area contributed by atoms with Gasteiger partial charge in [0.1, 0.15) is 6.61 Å². The number of aryl methyl sites for hydroxylation is 1. The molecule has 2 aromatic heterocycles. The SMILES string of the molecule is Cc1c([C@@H](O)CNCc2cncc(-c3ccc4oc(=O)n(C)c4c3)c2)ccc2c1COC2=O. The number of rotatable bonds is 6. The molecule has 0 bridgehead atoms. The molecule has 8 nitrogen and oxygen atoms in total. The van der Waals surface area contributed by atoms with Crippen molar-refractivity contribution in [2.24, 2.45) is 7.05 Å². The molecule has 2 aromatic carbocycles. The maximum absolute atomic E-state index is 11.7. The van der Waals surface area contributed by atoms with Gasteiger partial charge in [0, 0.05) is 43.7 Å². The summed E-state index contributed by atoms with van der Waals surface area (Å²) in [5.41, 5.74) is 7.18. The number of cyclic esters (lactones) is 1. The lowest BCUT2D eigenvalue weighted by atomic mass is 9.95. The van der Waals surface area contributed by atoms with E-state index in [-0.39, 0.29) is 12.6 Å². The van der Waals surface area contributed by atoms with Gasteiger partial charge in [0.2, 0.25) is 0 Å². The summed E-state index contributed by atoms with van der Waals surface area (Å²) < 4.78 is 11.8. The number of carbonyl (C=O) groups is 1. The molecule has 0 saturated heterocycles. The van der Waals surface area contributed by atoms with Crippen LogP contribution in [0.15, 0.2) is 58.0 Å². The zero-order valence-corrected chi connectivity index (χ0v) is 18.3. The van der Waals surface area contributed by atoms with Gasteiger partial charge in [-0.05, 0) is 53.4 Å². The highest BCUT2D eigenvalue weighted by Gasteiger charge is 2.25. The molecule has 1 atom stereocenters. The van der Waals surface area contributed by atoms with Crippen molar-refractivity contribution in [1.82, 2.24) is 14.9 Å². The summed E-state index contributed by atoms with van der Waals surface area (Å²) in [6, 6.07) is 11.1. The number of benzene rings is 2. The average Bonchev–Trinajstić information content (AvgIpc) is 3.33. The summed E-state index contributed by atoms with van der Waals surface area (Å²) in [7, 11) is 1.68. The number of fused-ring (bicyclic) bond motifs is 2. The minimum Gasteiger partial charge on any atom is -0.457 e. The standard InChI is InChI=1S/C25H23N3O5/c1-14-18(4-5-19-20(14)13-32-24(19)30)22(29)12-27-10-15-7-17(11-26-9-15)16-3-6-23-21(8-16)28(2)25(31)33-23/h3-9,11,22,27,29H,10,12-13H2,1-2H3/t22-/m0/s1. The van der Waals surface area contributed by atoms with Crippen LogP contribution in [-0.4, -0.2) is 27.2 Å².